The predicted molar refractivity (Wildman–Crippen MR) is 120 cm³/mol. The monoisotopic (exact) mass is 494 g/mol. The van der Waals surface area contributed by atoms with Crippen LogP contribution in [0, 0.1) is 29.3 Å². The van der Waals surface area contributed by atoms with Crippen molar-refractivity contribution in [2.45, 2.75) is 24.4 Å². The summed E-state index contributed by atoms with van der Waals surface area (Å²) in [5, 5.41) is 4.23. The van der Waals surface area contributed by atoms with Gasteiger partial charge in [-0.15, -0.1) is 11.3 Å². The Balaban J connectivity index is 1.32. The van der Waals surface area contributed by atoms with Crippen LogP contribution in [0.5, 0.6) is 0 Å². The Hall–Kier alpha value is -2.63. The summed E-state index contributed by atoms with van der Waals surface area (Å²) in [4.78, 5) is 4.96. The van der Waals surface area contributed by atoms with E-state index >= 15 is 0 Å². The van der Waals surface area contributed by atoms with Crippen molar-refractivity contribution in [2.75, 3.05) is 23.1 Å². The number of hydrogen-bond acceptors (Lipinski definition) is 6. The highest BCUT2D eigenvalue weighted by atomic mass is 32.2. The Bertz CT molecular complexity index is 1250. The van der Waals surface area contributed by atoms with E-state index in [0.717, 1.165) is 54.0 Å². The molecular formula is C22H21F3N4O2S2. The van der Waals surface area contributed by atoms with Crippen LogP contribution in [0.15, 0.2) is 46.1 Å². The fraction of sp³-hybridized carbons (Fsp3) is 0.318. The first-order valence-electron chi connectivity index (χ1n) is 10.4. The molecule has 2 aliphatic rings. The summed E-state index contributed by atoms with van der Waals surface area (Å²) in [5.41, 5.74) is 2.63. The number of nitrogens with zero attached hydrogens (tertiary/aromatic N) is 2. The summed E-state index contributed by atoms with van der Waals surface area (Å²) >= 11 is 1.14. The summed E-state index contributed by atoms with van der Waals surface area (Å²) < 4.78 is 70.7. The Kier molecular flexibility index (Phi) is 5.79. The molecule has 174 valence electrons. The largest absolute Gasteiger partial charge is 0.381 e. The number of halogens is 3. The first-order valence-corrected chi connectivity index (χ1v) is 12.9. The number of hydrogen-bond donors (Lipinski definition) is 2. The van der Waals surface area contributed by atoms with Gasteiger partial charge in [-0.2, -0.15) is 0 Å². The van der Waals surface area contributed by atoms with Crippen LogP contribution in [0.3, 0.4) is 0 Å². The predicted octanol–water partition coefficient (Wildman–Crippen LogP) is 4.43. The van der Waals surface area contributed by atoms with Crippen molar-refractivity contribution in [2.24, 2.45) is 11.8 Å². The van der Waals surface area contributed by atoms with Gasteiger partial charge in [-0.25, -0.2) is 26.6 Å². The standard InChI is InChI=1S/C22H21F3N4O2S2/c23-18-3-1-2-13(8-29-9-14-4-15(14)10-29)17(18)7-26-16-5-19(24)22(20(25)6-16)33(30,31)28-21-11-32-12-27-21/h1-3,5-6,11-12,14-15,26,28H,4,7-10H2. The van der Waals surface area contributed by atoms with Crippen LogP contribution in [0.1, 0.15) is 17.5 Å². The van der Waals surface area contributed by atoms with Gasteiger partial charge in [-0.1, -0.05) is 12.1 Å². The van der Waals surface area contributed by atoms with E-state index in [2.05, 4.69) is 15.2 Å². The molecule has 6 nitrogen and oxygen atoms in total. The number of sulfonamides is 1. The van der Waals surface area contributed by atoms with Crippen LogP contribution >= 0.6 is 11.3 Å². The highest BCUT2D eigenvalue weighted by Gasteiger charge is 2.44. The van der Waals surface area contributed by atoms with Gasteiger partial charge in [0.15, 0.2) is 10.7 Å². The molecule has 0 bridgehead atoms. The lowest BCUT2D eigenvalue weighted by molar-refractivity contribution is 0.295. The highest BCUT2D eigenvalue weighted by Crippen LogP contribution is 2.45. The third-order valence-corrected chi connectivity index (χ3v) is 8.06. The maximum Gasteiger partial charge on any atom is 0.268 e. The molecule has 2 atom stereocenters. The first kappa shape index (κ1) is 22.2. The maximum atomic E-state index is 14.6. The summed E-state index contributed by atoms with van der Waals surface area (Å²) in [5.74, 6) is -1.44. The smallest absolute Gasteiger partial charge is 0.268 e. The normalized spacial score (nSPS) is 20.0. The number of fused-ring (bicyclic) bond motifs is 1. The third kappa shape index (κ3) is 4.71. The number of anilines is 2. The summed E-state index contributed by atoms with van der Waals surface area (Å²) in [7, 11) is -4.51. The van der Waals surface area contributed by atoms with Gasteiger partial charge < -0.3 is 5.32 Å². The van der Waals surface area contributed by atoms with Gasteiger partial charge in [0.25, 0.3) is 10.0 Å². The van der Waals surface area contributed by atoms with Gasteiger partial charge in [0.1, 0.15) is 17.5 Å². The molecule has 2 N–H and O–H groups in total. The molecule has 2 unspecified atom stereocenters. The molecule has 2 fully saturated rings. The molecule has 1 aliphatic carbocycles. The molecule has 33 heavy (non-hydrogen) atoms. The molecule has 11 heteroatoms. The summed E-state index contributed by atoms with van der Waals surface area (Å²) in [6.45, 7) is 2.64. The van der Waals surface area contributed by atoms with Crippen LogP contribution in [-0.4, -0.2) is 31.4 Å². The highest BCUT2D eigenvalue weighted by molar-refractivity contribution is 7.92. The van der Waals surface area contributed by atoms with E-state index in [9.17, 15) is 21.6 Å². The number of nitrogens with one attached hydrogen (secondary N) is 2. The van der Waals surface area contributed by atoms with E-state index in [1.165, 1.54) is 23.4 Å². The minimum absolute atomic E-state index is 0.00472. The number of aromatic nitrogens is 1. The molecule has 2 aromatic carbocycles. The average molecular weight is 495 g/mol. The van der Waals surface area contributed by atoms with Crippen molar-refractivity contribution < 1.29 is 21.6 Å². The van der Waals surface area contributed by atoms with Gasteiger partial charge in [-0.05, 0) is 42.0 Å². The van der Waals surface area contributed by atoms with Gasteiger partial charge in [-0.3, -0.25) is 9.62 Å². The van der Waals surface area contributed by atoms with E-state index in [-0.39, 0.29) is 18.1 Å². The third-order valence-electron chi connectivity index (χ3n) is 6.07. The molecule has 5 rings (SSSR count). The number of piperidine rings is 1. The molecule has 2 heterocycles. The van der Waals surface area contributed by atoms with Crippen LogP contribution in [0.4, 0.5) is 24.7 Å². The number of thiazole rings is 1. The van der Waals surface area contributed by atoms with Gasteiger partial charge >= 0.3 is 0 Å². The van der Waals surface area contributed by atoms with Crippen LogP contribution in [-0.2, 0) is 23.1 Å². The summed E-state index contributed by atoms with van der Waals surface area (Å²) in [6.07, 6.45) is 1.27. The zero-order chi connectivity index (χ0) is 23.2. The van der Waals surface area contributed by atoms with Crippen molar-refractivity contribution in [3.63, 3.8) is 0 Å². The van der Waals surface area contributed by atoms with Crippen molar-refractivity contribution in [1.82, 2.24) is 9.88 Å². The van der Waals surface area contributed by atoms with Crippen LogP contribution in [0.2, 0.25) is 0 Å². The van der Waals surface area contributed by atoms with Crippen molar-refractivity contribution in [3.8, 4) is 0 Å². The Morgan fingerprint density at radius 1 is 1.09 bits per heavy atom. The van der Waals surface area contributed by atoms with Crippen LogP contribution < -0.4 is 10.0 Å². The second-order valence-electron chi connectivity index (χ2n) is 8.43. The quantitative estimate of drug-likeness (QED) is 0.485. The molecule has 1 aliphatic heterocycles. The first-order chi connectivity index (χ1) is 15.8. The fourth-order valence-corrected chi connectivity index (χ4v) is 6.05. The van der Waals surface area contributed by atoms with E-state index in [1.54, 1.807) is 6.07 Å². The zero-order valence-corrected chi connectivity index (χ0v) is 19.0. The SMILES string of the molecule is O=S(=O)(Nc1cscn1)c1c(F)cc(NCc2c(F)cccc2CN2CC3CC3C2)cc1F. The average Bonchev–Trinajstić information content (AvgIpc) is 3.09. The fourth-order valence-electron chi connectivity index (χ4n) is 4.38. The van der Waals surface area contributed by atoms with E-state index in [0.29, 0.717) is 12.1 Å². The number of benzene rings is 2. The second kappa shape index (κ2) is 8.62. The van der Waals surface area contributed by atoms with E-state index in [1.807, 2.05) is 10.8 Å². The number of likely N-dealkylation sites (tertiary alicyclic amines) is 1. The van der Waals surface area contributed by atoms with Crippen molar-refractivity contribution >= 4 is 32.9 Å². The molecule has 0 amide bonds. The lowest BCUT2D eigenvalue weighted by atomic mass is 10.1. The van der Waals surface area contributed by atoms with Crippen molar-refractivity contribution in [3.05, 3.63) is 69.8 Å². The Labute approximate surface area is 193 Å². The minimum Gasteiger partial charge on any atom is -0.381 e. The lowest BCUT2D eigenvalue weighted by Crippen LogP contribution is -2.23. The summed E-state index contributed by atoms with van der Waals surface area (Å²) in [6, 6.07) is 6.62. The zero-order valence-electron chi connectivity index (χ0n) is 17.4. The lowest BCUT2D eigenvalue weighted by Gasteiger charge is -2.20. The second-order valence-corrected chi connectivity index (χ2v) is 10.8. The molecule has 3 aromatic rings. The van der Waals surface area contributed by atoms with Gasteiger partial charge in [0, 0.05) is 42.8 Å². The van der Waals surface area contributed by atoms with Gasteiger partial charge in [0.2, 0.25) is 0 Å². The molecule has 1 aromatic heterocycles. The minimum atomic E-state index is -4.51. The maximum absolute atomic E-state index is 14.6. The molecule has 0 radical (unpaired) electrons. The Morgan fingerprint density at radius 2 is 1.82 bits per heavy atom. The van der Waals surface area contributed by atoms with Crippen molar-refractivity contribution in [1.29, 1.82) is 0 Å². The van der Waals surface area contributed by atoms with Gasteiger partial charge in [0.05, 0.1) is 5.51 Å². The topological polar surface area (TPSA) is 74.3 Å². The number of rotatable bonds is 8. The molecule has 1 saturated heterocycles. The van der Waals surface area contributed by atoms with E-state index < -0.39 is 32.4 Å². The Morgan fingerprint density at radius 3 is 2.48 bits per heavy atom. The molecular weight excluding hydrogens is 473 g/mol. The van der Waals surface area contributed by atoms with E-state index in [4.69, 9.17) is 0 Å². The molecule has 1 saturated carbocycles. The molecule has 0 spiro atoms. The van der Waals surface area contributed by atoms with Crippen LogP contribution in [0.25, 0.3) is 0 Å².